The lowest BCUT2D eigenvalue weighted by molar-refractivity contribution is -0.100. The van der Waals surface area contributed by atoms with Crippen molar-refractivity contribution in [1.82, 2.24) is 10.9 Å². The quantitative estimate of drug-likeness (QED) is 0.692. The van der Waals surface area contributed by atoms with Gasteiger partial charge in [0, 0.05) is 12.0 Å². The van der Waals surface area contributed by atoms with E-state index in [0.717, 1.165) is 13.2 Å². The summed E-state index contributed by atoms with van der Waals surface area (Å²) in [4.78, 5) is 11.2. The van der Waals surface area contributed by atoms with Gasteiger partial charge in [0.1, 0.15) is 5.60 Å². The second-order valence-corrected chi connectivity index (χ2v) is 5.28. The zero-order valence-electron chi connectivity index (χ0n) is 9.85. The van der Waals surface area contributed by atoms with E-state index in [1.807, 2.05) is 20.8 Å². The molecule has 5 heteroatoms. The Bertz CT molecular complexity index is 231. The summed E-state index contributed by atoms with van der Waals surface area (Å²) in [5.41, 5.74) is 5.01. The summed E-state index contributed by atoms with van der Waals surface area (Å²) >= 11 is 0. The maximum absolute atomic E-state index is 11.2. The maximum atomic E-state index is 11.2. The lowest BCUT2D eigenvalue weighted by Gasteiger charge is -2.38. The summed E-state index contributed by atoms with van der Waals surface area (Å²) in [6, 6.07) is 0. The summed E-state index contributed by atoms with van der Waals surface area (Å²) in [7, 11) is 0. The third-order valence-electron chi connectivity index (χ3n) is 2.01. The lowest BCUT2D eigenvalue weighted by atomic mass is 9.89. The van der Waals surface area contributed by atoms with Crippen molar-refractivity contribution in [3.05, 3.63) is 0 Å². The Kier molecular flexibility index (Phi) is 3.57. The normalized spacial score (nSPS) is 19.2. The summed E-state index contributed by atoms with van der Waals surface area (Å²) in [5, 5.41) is 0. The molecule has 2 N–H and O–H groups in total. The molecule has 5 nitrogen and oxygen atoms in total. The van der Waals surface area contributed by atoms with Gasteiger partial charge in [0.25, 0.3) is 0 Å². The number of hydrogen-bond acceptors (Lipinski definition) is 4. The standard InChI is InChI=1S/C10H20N2O3/c1-9(2,3)15-8(13)12-11-5-10(4)6-14-7-10/h11H,5-7H2,1-4H3,(H,12,13). The van der Waals surface area contributed by atoms with Crippen molar-refractivity contribution >= 4 is 6.09 Å². The van der Waals surface area contributed by atoms with Crippen LogP contribution in [0.15, 0.2) is 0 Å². The van der Waals surface area contributed by atoms with E-state index >= 15 is 0 Å². The topological polar surface area (TPSA) is 59.6 Å². The van der Waals surface area contributed by atoms with Crippen LogP contribution < -0.4 is 10.9 Å². The average molecular weight is 216 g/mol. The smallest absolute Gasteiger partial charge is 0.422 e. The van der Waals surface area contributed by atoms with Gasteiger partial charge in [0.15, 0.2) is 0 Å². The van der Waals surface area contributed by atoms with Crippen molar-refractivity contribution < 1.29 is 14.3 Å². The Hall–Kier alpha value is -0.810. The zero-order chi connectivity index (χ0) is 11.5. The lowest BCUT2D eigenvalue weighted by Crippen LogP contribution is -2.52. The highest BCUT2D eigenvalue weighted by molar-refractivity contribution is 5.66. The molecule has 88 valence electrons. The van der Waals surface area contributed by atoms with E-state index in [2.05, 4.69) is 17.8 Å². The second kappa shape index (κ2) is 4.37. The Morgan fingerprint density at radius 2 is 2.07 bits per heavy atom. The Morgan fingerprint density at radius 1 is 1.47 bits per heavy atom. The number of carbonyl (C=O) groups excluding carboxylic acids is 1. The predicted octanol–water partition coefficient (Wildman–Crippen LogP) is 1.05. The van der Waals surface area contributed by atoms with Crippen molar-refractivity contribution in [3.8, 4) is 0 Å². The van der Waals surface area contributed by atoms with E-state index in [4.69, 9.17) is 9.47 Å². The maximum Gasteiger partial charge on any atom is 0.422 e. The number of amides is 1. The van der Waals surface area contributed by atoms with Crippen molar-refractivity contribution in [3.63, 3.8) is 0 Å². The van der Waals surface area contributed by atoms with Gasteiger partial charge in [-0.05, 0) is 20.8 Å². The minimum atomic E-state index is -0.463. The van der Waals surface area contributed by atoms with Crippen molar-refractivity contribution in [2.45, 2.75) is 33.3 Å². The van der Waals surface area contributed by atoms with Gasteiger partial charge in [0.2, 0.25) is 0 Å². The molecule has 1 aliphatic heterocycles. The van der Waals surface area contributed by atoms with Crippen LogP contribution in [0.1, 0.15) is 27.7 Å². The van der Waals surface area contributed by atoms with E-state index in [9.17, 15) is 4.79 Å². The number of rotatable bonds is 3. The molecule has 1 rings (SSSR count). The fourth-order valence-electron chi connectivity index (χ4n) is 1.19. The predicted molar refractivity (Wildman–Crippen MR) is 56.3 cm³/mol. The van der Waals surface area contributed by atoms with Crippen molar-refractivity contribution in [2.75, 3.05) is 19.8 Å². The zero-order valence-corrected chi connectivity index (χ0v) is 9.85. The van der Waals surface area contributed by atoms with Gasteiger partial charge in [0.05, 0.1) is 13.2 Å². The Balaban J connectivity index is 2.12. The molecule has 0 saturated carbocycles. The Morgan fingerprint density at radius 3 is 2.47 bits per heavy atom. The Labute approximate surface area is 90.5 Å². The minimum Gasteiger partial charge on any atom is -0.443 e. The molecule has 0 aromatic heterocycles. The van der Waals surface area contributed by atoms with E-state index in [1.54, 1.807) is 0 Å². The molecule has 1 saturated heterocycles. The molecule has 0 spiro atoms. The number of carbonyl (C=O) groups is 1. The number of ether oxygens (including phenoxy) is 2. The average Bonchev–Trinajstić information content (AvgIpc) is 1.97. The molecule has 0 aromatic rings. The molecule has 1 fully saturated rings. The largest absolute Gasteiger partial charge is 0.443 e. The van der Waals surface area contributed by atoms with Gasteiger partial charge in [-0.3, -0.25) is 5.43 Å². The SMILES string of the molecule is CC1(CNNC(=O)OC(C)(C)C)COC1. The summed E-state index contributed by atoms with van der Waals surface area (Å²) in [6.45, 7) is 9.73. The molecule has 0 atom stereocenters. The van der Waals surface area contributed by atoms with Gasteiger partial charge in [-0.25, -0.2) is 10.2 Å². The van der Waals surface area contributed by atoms with E-state index in [0.29, 0.717) is 6.54 Å². The summed E-state index contributed by atoms with van der Waals surface area (Å²) in [5.74, 6) is 0. The molecule has 0 radical (unpaired) electrons. The first-order chi connectivity index (χ1) is 6.81. The molecule has 1 heterocycles. The first kappa shape index (κ1) is 12.3. The van der Waals surface area contributed by atoms with Gasteiger partial charge < -0.3 is 9.47 Å². The molecule has 0 unspecified atom stereocenters. The molecule has 15 heavy (non-hydrogen) atoms. The summed E-state index contributed by atoms with van der Waals surface area (Å²) in [6.07, 6.45) is -0.452. The van der Waals surface area contributed by atoms with Crippen LogP contribution in [0.5, 0.6) is 0 Å². The minimum absolute atomic E-state index is 0.134. The molecule has 0 aromatic carbocycles. The van der Waals surface area contributed by atoms with Gasteiger partial charge >= 0.3 is 6.09 Å². The fourth-order valence-corrected chi connectivity index (χ4v) is 1.19. The van der Waals surface area contributed by atoms with Gasteiger partial charge in [-0.1, -0.05) is 6.92 Å². The molecule has 1 aliphatic rings. The van der Waals surface area contributed by atoms with Gasteiger partial charge in [-0.2, -0.15) is 0 Å². The number of hydrogen-bond donors (Lipinski definition) is 2. The van der Waals surface area contributed by atoms with Crippen LogP contribution >= 0.6 is 0 Å². The third kappa shape index (κ3) is 4.48. The van der Waals surface area contributed by atoms with Crippen LogP contribution in [0.3, 0.4) is 0 Å². The molecule has 0 bridgehead atoms. The van der Waals surface area contributed by atoms with E-state index in [-0.39, 0.29) is 5.41 Å². The highest BCUT2D eigenvalue weighted by Crippen LogP contribution is 2.24. The number of hydrazine groups is 1. The van der Waals surface area contributed by atoms with E-state index in [1.165, 1.54) is 0 Å². The first-order valence-corrected chi connectivity index (χ1v) is 5.10. The van der Waals surface area contributed by atoms with Crippen LogP contribution in [0.25, 0.3) is 0 Å². The van der Waals surface area contributed by atoms with Crippen molar-refractivity contribution in [1.29, 1.82) is 0 Å². The van der Waals surface area contributed by atoms with Crippen molar-refractivity contribution in [2.24, 2.45) is 5.41 Å². The van der Waals surface area contributed by atoms with Crippen LogP contribution in [0, 0.1) is 5.41 Å². The summed E-state index contributed by atoms with van der Waals surface area (Å²) < 4.78 is 10.2. The van der Waals surface area contributed by atoms with Gasteiger partial charge in [-0.15, -0.1) is 0 Å². The highest BCUT2D eigenvalue weighted by atomic mass is 16.6. The molecule has 0 aliphatic carbocycles. The van der Waals surface area contributed by atoms with Crippen LogP contribution in [0.4, 0.5) is 4.79 Å². The highest BCUT2D eigenvalue weighted by Gasteiger charge is 2.33. The fraction of sp³-hybridized carbons (Fsp3) is 0.900. The van der Waals surface area contributed by atoms with Crippen LogP contribution in [0.2, 0.25) is 0 Å². The number of nitrogens with one attached hydrogen (secondary N) is 2. The molecular formula is C10H20N2O3. The second-order valence-electron chi connectivity index (χ2n) is 5.28. The molecular weight excluding hydrogens is 196 g/mol. The van der Waals surface area contributed by atoms with Crippen LogP contribution in [-0.4, -0.2) is 31.5 Å². The van der Waals surface area contributed by atoms with Crippen LogP contribution in [-0.2, 0) is 9.47 Å². The third-order valence-corrected chi connectivity index (χ3v) is 2.01. The van der Waals surface area contributed by atoms with E-state index < -0.39 is 11.7 Å². The first-order valence-electron chi connectivity index (χ1n) is 5.10. The monoisotopic (exact) mass is 216 g/mol. The molecule has 1 amide bonds.